The lowest BCUT2D eigenvalue weighted by Crippen LogP contribution is -2.20. The number of amides is 1. The van der Waals surface area contributed by atoms with E-state index >= 15 is 0 Å². The number of hydrogen-bond donors (Lipinski definition) is 1. The van der Waals surface area contributed by atoms with Gasteiger partial charge in [-0.15, -0.1) is 0 Å². The first-order valence-corrected chi connectivity index (χ1v) is 11.0. The van der Waals surface area contributed by atoms with Gasteiger partial charge in [0, 0.05) is 5.56 Å². The largest absolute Gasteiger partial charge is 0.484 e. The molecule has 6 heteroatoms. The van der Waals surface area contributed by atoms with Crippen LogP contribution in [0.2, 0.25) is 5.02 Å². The highest BCUT2D eigenvalue weighted by atomic mass is 35.5. The van der Waals surface area contributed by atoms with Crippen LogP contribution in [0.4, 0.5) is 5.69 Å². The van der Waals surface area contributed by atoms with Crippen LogP contribution in [0.3, 0.4) is 0 Å². The number of aryl methyl sites for hydroxylation is 1. The van der Waals surface area contributed by atoms with Gasteiger partial charge < -0.3 is 14.5 Å². The summed E-state index contributed by atoms with van der Waals surface area (Å²) < 4.78 is 11.5. The van der Waals surface area contributed by atoms with Crippen molar-refractivity contribution in [3.63, 3.8) is 0 Å². The summed E-state index contributed by atoms with van der Waals surface area (Å²) in [7, 11) is 0. The number of carbonyl (C=O) groups is 1. The molecule has 0 aliphatic rings. The molecule has 0 saturated heterocycles. The normalized spacial score (nSPS) is 12.0. The van der Waals surface area contributed by atoms with E-state index in [1.807, 2.05) is 43.3 Å². The van der Waals surface area contributed by atoms with Gasteiger partial charge in [-0.05, 0) is 72.9 Å². The Kier molecular flexibility index (Phi) is 6.47. The predicted octanol–water partition coefficient (Wildman–Crippen LogP) is 6.99. The molecule has 0 bridgehead atoms. The van der Waals surface area contributed by atoms with E-state index in [4.69, 9.17) is 20.8 Å². The smallest absolute Gasteiger partial charge is 0.262 e. The van der Waals surface area contributed by atoms with Crippen LogP contribution in [0.1, 0.15) is 37.3 Å². The Hall–Kier alpha value is -3.31. The van der Waals surface area contributed by atoms with Crippen molar-refractivity contribution < 1.29 is 13.9 Å². The molecule has 0 fully saturated rings. The van der Waals surface area contributed by atoms with Gasteiger partial charge in [-0.3, -0.25) is 4.79 Å². The molecule has 4 aromatic rings. The number of fused-ring (bicyclic) bond motifs is 1. The molecule has 4 rings (SSSR count). The van der Waals surface area contributed by atoms with E-state index < -0.39 is 0 Å². The first-order chi connectivity index (χ1) is 15.4. The minimum atomic E-state index is -0.304. The number of oxazole rings is 1. The molecule has 0 radical (unpaired) electrons. The maximum Gasteiger partial charge on any atom is 0.262 e. The van der Waals surface area contributed by atoms with Gasteiger partial charge in [0.1, 0.15) is 11.3 Å². The van der Waals surface area contributed by atoms with Gasteiger partial charge >= 0.3 is 0 Å². The van der Waals surface area contributed by atoms with E-state index in [1.165, 1.54) is 5.56 Å². The topological polar surface area (TPSA) is 64.4 Å². The number of carbonyl (C=O) groups excluding carboxylic acids is 1. The third-order valence-electron chi connectivity index (χ3n) is 5.44. The maximum atomic E-state index is 12.4. The Balaban J connectivity index is 1.51. The summed E-state index contributed by atoms with van der Waals surface area (Å²) in [4.78, 5) is 17.1. The minimum absolute atomic E-state index is 0.120. The zero-order valence-corrected chi connectivity index (χ0v) is 19.1. The van der Waals surface area contributed by atoms with Gasteiger partial charge in [-0.25, -0.2) is 4.98 Å². The van der Waals surface area contributed by atoms with E-state index in [0.717, 1.165) is 28.6 Å². The van der Waals surface area contributed by atoms with Crippen molar-refractivity contribution >= 4 is 34.3 Å². The molecule has 3 aromatic carbocycles. The first kappa shape index (κ1) is 21.9. The zero-order chi connectivity index (χ0) is 22.7. The molecule has 0 spiro atoms. The number of nitrogens with one attached hydrogen (secondary N) is 1. The highest BCUT2D eigenvalue weighted by molar-refractivity contribution is 6.33. The maximum absolute atomic E-state index is 12.4. The average molecular weight is 449 g/mol. The highest BCUT2D eigenvalue weighted by Gasteiger charge is 2.14. The molecule has 1 aromatic heterocycles. The molecule has 5 nitrogen and oxygen atoms in total. The Morgan fingerprint density at radius 2 is 2.00 bits per heavy atom. The Morgan fingerprint density at radius 1 is 1.16 bits per heavy atom. The number of halogens is 1. The van der Waals surface area contributed by atoms with Crippen molar-refractivity contribution in [2.75, 3.05) is 11.9 Å². The van der Waals surface area contributed by atoms with Gasteiger partial charge in [-0.2, -0.15) is 0 Å². The van der Waals surface area contributed by atoms with Crippen LogP contribution >= 0.6 is 11.6 Å². The zero-order valence-electron chi connectivity index (χ0n) is 18.3. The number of nitrogens with zero attached hydrogens (tertiary/aromatic N) is 1. The SMILES string of the molecule is CC[C@@H](C)c1ccc2oc(-c3ccc(Cl)c(NC(=O)COc4cccc(C)c4)c3)nc2c1. The fourth-order valence-electron chi connectivity index (χ4n) is 3.40. The lowest BCUT2D eigenvalue weighted by molar-refractivity contribution is -0.118. The van der Waals surface area contributed by atoms with E-state index in [2.05, 4.69) is 36.3 Å². The summed E-state index contributed by atoms with van der Waals surface area (Å²) in [6, 6.07) is 18.9. The molecule has 1 heterocycles. The van der Waals surface area contributed by atoms with Gasteiger partial charge in [-0.1, -0.05) is 43.6 Å². The van der Waals surface area contributed by atoms with E-state index in [-0.39, 0.29) is 12.5 Å². The molecule has 1 atom stereocenters. The number of ether oxygens (including phenoxy) is 1. The van der Waals surface area contributed by atoms with Gasteiger partial charge in [0.25, 0.3) is 5.91 Å². The fraction of sp³-hybridized carbons (Fsp3) is 0.231. The molecular weight excluding hydrogens is 424 g/mol. The minimum Gasteiger partial charge on any atom is -0.484 e. The molecule has 164 valence electrons. The number of anilines is 1. The van der Waals surface area contributed by atoms with Crippen LogP contribution in [-0.4, -0.2) is 17.5 Å². The van der Waals surface area contributed by atoms with Crippen molar-refractivity contribution in [2.45, 2.75) is 33.1 Å². The standard InChI is InChI=1S/C26H25ClN2O3/c1-4-17(3)18-9-11-24-23(13-18)29-26(32-24)19-8-10-21(27)22(14-19)28-25(30)15-31-20-7-5-6-16(2)12-20/h5-14,17H,4,15H2,1-3H3,(H,28,30)/t17-/m1/s1. The molecule has 0 saturated carbocycles. The number of benzene rings is 3. The van der Waals surface area contributed by atoms with Crippen molar-refractivity contribution in [1.29, 1.82) is 0 Å². The number of aromatic nitrogens is 1. The van der Waals surface area contributed by atoms with Crippen LogP contribution in [0.25, 0.3) is 22.6 Å². The highest BCUT2D eigenvalue weighted by Crippen LogP contribution is 2.31. The fourth-order valence-corrected chi connectivity index (χ4v) is 3.57. The first-order valence-electron chi connectivity index (χ1n) is 10.6. The summed E-state index contributed by atoms with van der Waals surface area (Å²) >= 11 is 6.31. The van der Waals surface area contributed by atoms with Crippen molar-refractivity contribution in [1.82, 2.24) is 4.98 Å². The lowest BCUT2D eigenvalue weighted by Gasteiger charge is -2.10. The number of rotatable bonds is 7. The number of hydrogen-bond acceptors (Lipinski definition) is 4. The van der Waals surface area contributed by atoms with Crippen LogP contribution in [0.15, 0.2) is 65.1 Å². The summed E-state index contributed by atoms with van der Waals surface area (Å²) in [5, 5.41) is 3.23. The van der Waals surface area contributed by atoms with Crippen LogP contribution in [0.5, 0.6) is 5.75 Å². The van der Waals surface area contributed by atoms with Crippen molar-refractivity contribution in [2.24, 2.45) is 0 Å². The van der Waals surface area contributed by atoms with Crippen molar-refractivity contribution in [3.8, 4) is 17.2 Å². The molecular formula is C26H25ClN2O3. The molecule has 0 aliphatic carbocycles. The second-order valence-electron chi connectivity index (χ2n) is 7.90. The average Bonchev–Trinajstić information content (AvgIpc) is 3.22. The van der Waals surface area contributed by atoms with Crippen molar-refractivity contribution in [3.05, 3.63) is 76.8 Å². The van der Waals surface area contributed by atoms with Crippen LogP contribution < -0.4 is 10.1 Å². The Labute approximate surface area is 192 Å². The van der Waals surface area contributed by atoms with E-state index in [9.17, 15) is 4.79 Å². The van der Waals surface area contributed by atoms with Crippen LogP contribution in [-0.2, 0) is 4.79 Å². The molecule has 0 aliphatic heterocycles. The molecule has 1 amide bonds. The Morgan fingerprint density at radius 3 is 2.78 bits per heavy atom. The lowest BCUT2D eigenvalue weighted by atomic mass is 9.98. The van der Waals surface area contributed by atoms with Gasteiger partial charge in [0.15, 0.2) is 12.2 Å². The third kappa shape index (κ3) is 4.94. The Bertz CT molecular complexity index is 1270. The molecule has 0 unspecified atom stereocenters. The van der Waals surface area contributed by atoms with E-state index in [1.54, 1.807) is 12.1 Å². The molecule has 1 N–H and O–H groups in total. The summed E-state index contributed by atoms with van der Waals surface area (Å²) in [5.74, 6) is 1.27. The van der Waals surface area contributed by atoms with Gasteiger partial charge in [0.2, 0.25) is 5.89 Å². The second-order valence-corrected chi connectivity index (χ2v) is 8.31. The third-order valence-corrected chi connectivity index (χ3v) is 5.77. The predicted molar refractivity (Wildman–Crippen MR) is 128 cm³/mol. The summed E-state index contributed by atoms with van der Waals surface area (Å²) in [5.41, 5.74) is 5.03. The molecule has 32 heavy (non-hydrogen) atoms. The quantitative estimate of drug-likeness (QED) is 0.331. The van der Waals surface area contributed by atoms with E-state index in [0.29, 0.717) is 28.3 Å². The summed E-state index contributed by atoms with van der Waals surface area (Å²) in [6.45, 7) is 6.21. The van der Waals surface area contributed by atoms with Crippen LogP contribution in [0, 0.1) is 6.92 Å². The second kappa shape index (κ2) is 9.45. The summed E-state index contributed by atoms with van der Waals surface area (Å²) in [6.07, 6.45) is 1.06. The van der Waals surface area contributed by atoms with Gasteiger partial charge in [0.05, 0.1) is 10.7 Å². The monoisotopic (exact) mass is 448 g/mol.